The number of hydrogen-bond donors (Lipinski definition) is 2. The fourth-order valence-electron chi connectivity index (χ4n) is 1.57. The first-order chi connectivity index (χ1) is 8.58. The Morgan fingerprint density at radius 3 is 2.78 bits per heavy atom. The number of halogens is 1. The van der Waals surface area contributed by atoms with Gasteiger partial charge in [0.25, 0.3) is 0 Å². The second kappa shape index (κ2) is 5.82. The summed E-state index contributed by atoms with van der Waals surface area (Å²) in [4.78, 5) is 0.413. The van der Waals surface area contributed by atoms with Gasteiger partial charge in [0, 0.05) is 22.3 Å². The Labute approximate surface area is 124 Å². The van der Waals surface area contributed by atoms with Gasteiger partial charge < -0.3 is 11.1 Å². The normalized spacial score (nSPS) is 10.3. The van der Waals surface area contributed by atoms with Crippen molar-refractivity contribution in [3.63, 3.8) is 0 Å². The third kappa shape index (κ3) is 3.10. The van der Waals surface area contributed by atoms with Crippen LogP contribution in [0, 0.1) is 6.92 Å². The maximum Gasteiger partial charge on any atom is 0.104 e. The number of anilines is 1. The molecule has 5 heteroatoms. The Morgan fingerprint density at radius 1 is 1.44 bits per heavy atom. The minimum atomic E-state index is 0.413. The molecule has 0 aliphatic heterocycles. The molecule has 0 spiro atoms. The SMILES string of the molecule is Cc1cscc1CNc1ccc(C(N)=S)cc1Br. The highest BCUT2D eigenvalue weighted by Gasteiger charge is 2.04. The summed E-state index contributed by atoms with van der Waals surface area (Å²) < 4.78 is 0.973. The zero-order valence-corrected chi connectivity index (χ0v) is 13.1. The lowest BCUT2D eigenvalue weighted by atomic mass is 10.2. The average Bonchev–Trinajstić information content (AvgIpc) is 2.73. The predicted molar refractivity (Wildman–Crippen MR) is 86.4 cm³/mol. The number of hydrogen-bond acceptors (Lipinski definition) is 3. The monoisotopic (exact) mass is 340 g/mol. The summed E-state index contributed by atoms with van der Waals surface area (Å²) in [7, 11) is 0. The Bertz CT molecular complexity index is 578. The van der Waals surface area contributed by atoms with E-state index in [4.69, 9.17) is 18.0 Å². The predicted octanol–water partition coefficient (Wildman–Crippen LogP) is 4.07. The van der Waals surface area contributed by atoms with Crippen LogP contribution < -0.4 is 11.1 Å². The maximum absolute atomic E-state index is 5.60. The number of thiophene rings is 1. The molecular formula is C13H13BrN2S2. The molecule has 1 aromatic heterocycles. The third-order valence-electron chi connectivity index (χ3n) is 2.68. The summed E-state index contributed by atoms with van der Waals surface area (Å²) in [6.07, 6.45) is 0. The van der Waals surface area contributed by atoms with Crippen molar-refractivity contribution in [3.05, 3.63) is 50.1 Å². The number of rotatable bonds is 4. The number of benzene rings is 1. The minimum absolute atomic E-state index is 0.413. The highest BCUT2D eigenvalue weighted by atomic mass is 79.9. The molecule has 2 rings (SSSR count). The van der Waals surface area contributed by atoms with E-state index in [0.717, 1.165) is 22.3 Å². The summed E-state index contributed by atoms with van der Waals surface area (Å²) >= 11 is 10.2. The van der Waals surface area contributed by atoms with Crippen LogP contribution in [0.25, 0.3) is 0 Å². The van der Waals surface area contributed by atoms with E-state index >= 15 is 0 Å². The van der Waals surface area contributed by atoms with E-state index in [1.807, 2.05) is 18.2 Å². The van der Waals surface area contributed by atoms with Crippen LogP contribution in [0.3, 0.4) is 0 Å². The Morgan fingerprint density at radius 2 is 2.22 bits per heavy atom. The molecule has 0 fully saturated rings. The molecule has 94 valence electrons. The molecule has 0 atom stereocenters. The van der Waals surface area contributed by atoms with Gasteiger partial charge in [-0.25, -0.2) is 0 Å². The van der Waals surface area contributed by atoms with Gasteiger partial charge in [0.2, 0.25) is 0 Å². The molecule has 0 aliphatic carbocycles. The van der Waals surface area contributed by atoms with Crippen LogP contribution in [0.1, 0.15) is 16.7 Å². The fraction of sp³-hybridized carbons (Fsp3) is 0.154. The first-order valence-electron chi connectivity index (χ1n) is 5.43. The van der Waals surface area contributed by atoms with E-state index in [0.29, 0.717) is 4.99 Å². The molecule has 0 aliphatic rings. The lowest BCUT2D eigenvalue weighted by molar-refractivity contribution is 1.13. The molecule has 3 N–H and O–H groups in total. The van der Waals surface area contributed by atoms with Gasteiger partial charge >= 0.3 is 0 Å². The Balaban J connectivity index is 2.11. The first kappa shape index (κ1) is 13.5. The molecule has 0 bridgehead atoms. The van der Waals surface area contributed by atoms with Gasteiger partial charge in [-0.05, 0) is 62.9 Å². The fourth-order valence-corrected chi connectivity index (χ4v) is 3.07. The van der Waals surface area contributed by atoms with Crippen LogP contribution >= 0.6 is 39.5 Å². The second-order valence-electron chi connectivity index (χ2n) is 3.99. The maximum atomic E-state index is 5.60. The van der Waals surface area contributed by atoms with Gasteiger partial charge in [-0.15, -0.1) is 0 Å². The van der Waals surface area contributed by atoms with E-state index in [9.17, 15) is 0 Å². The lowest BCUT2D eigenvalue weighted by Crippen LogP contribution is -2.09. The number of thiocarbonyl (C=S) groups is 1. The summed E-state index contributed by atoms with van der Waals surface area (Å²) in [5, 5.41) is 7.72. The largest absolute Gasteiger partial charge is 0.389 e. The molecule has 1 aromatic carbocycles. The smallest absolute Gasteiger partial charge is 0.104 e. The lowest BCUT2D eigenvalue weighted by Gasteiger charge is -2.09. The zero-order chi connectivity index (χ0) is 13.1. The molecule has 0 saturated heterocycles. The van der Waals surface area contributed by atoms with Crippen LogP contribution in [0.5, 0.6) is 0 Å². The van der Waals surface area contributed by atoms with Crippen molar-refractivity contribution in [2.24, 2.45) is 5.73 Å². The Hall–Kier alpha value is -0.910. The summed E-state index contributed by atoms with van der Waals surface area (Å²) in [5.41, 5.74) is 10.2. The molecule has 2 nitrogen and oxygen atoms in total. The van der Waals surface area contributed by atoms with Crippen molar-refractivity contribution in [2.45, 2.75) is 13.5 Å². The number of nitrogens with one attached hydrogen (secondary N) is 1. The van der Waals surface area contributed by atoms with Crippen molar-refractivity contribution >= 4 is 50.2 Å². The molecule has 2 aromatic rings. The van der Waals surface area contributed by atoms with Gasteiger partial charge in [0.1, 0.15) is 4.99 Å². The van der Waals surface area contributed by atoms with Gasteiger partial charge in [-0.2, -0.15) is 11.3 Å². The third-order valence-corrected chi connectivity index (χ3v) is 4.49. The second-order valence-corrected chi connectivity index (χ2v) is 6.03. The highest BCUT2D eigenvalue weighted by molar-refractivity contribution is 9.10. The van der Waals surface area contributed by atoms with Crippen LogP contribution in [0.15, 0.2) is 33.4 Å². The zero-order valence-electron chi connectivity index (χ0n) is 9.87. The summed E-state index contributed by atoms with van der Waals surface area (Å²) in [6, 6.07) is 5.85. The van der Waals surface area contributed by atoms with E-state index in [-0.39, 0.29) is 0 Å². The quantitative estimate of drug-likeness (QED) is 0.824. The van der Waals surface area contributed by atoms with E-state index in [1.165, 1.54) is 11.1 Å². The van der Waals surface area contributed by atoms with E-state index in [1.54, 1.807) is 11.3 Å². The minimum Gasteiger partial charge on any atom is -0.389 e. The molecule has 1 heterocycles. The number of nitrogens with two attached hydrogens (primary N) is 1. The van der Waals surface area contributed by atoms with Crippen molar-refractivity contribution < 1.29 is 0 Å². The topological polar surface area (TPSA) is 38.0 Å². The summed E-state index contributed by atoms with van der Waals surface area (Å²) in [6.45, 7) is 2.94. The highest BCUT2D eigenvalue weighted by Crippen LogP contribution is 2.25. The van der Waals surface area contributed by atoms with Crippen molar-refractivity contribution in [2.75, 3.05) is 5.32 Å². The first-order valence-corrected chi connectivity index (χ1v) is 7.57. The standard InChI is InChI=1S/C13H13BrN2S2/c1-8-6-18-7-10(8)5-16-12-3-2-9(13(15)17)4-11(12)14/h2-4,6-7,16H,5H2,1H3,(H2,15,17). The summed E-state index contributed by atoms with van der Waals surface area (Å²) in [5.74, 6) is 0. The average molecular weight is 341 g/mol. The van der Waals surface area contributed by atoms with E-state index in [2.05, 4.69) is 38.9 Å². The molecular weight excluding hydrogens is 328 g/mol. The van der Waals surface area contributed by atoms with Gasteiger partial charge in [0.15, 0.2) is 0 Å². The van der Waals surface area contributed by atoms with Crippen LogP contribution in [-0.4, -0.2) is 4.99 Å². The van der Waals surface area contributed by atoms with E-state index < -0.39 is 0 Å². The molecule has 0 amide bonds. The van der Waals surface area contributed by atoms with Crippen LogP contribution in [-0.2, 0) is 6.54 Å². The van der Waals surface area contributed by atoms with Gasteiger partial charge in [-0.1, -0.05) is 12.2 Å². The molecule has 0 unspecified atom stereocenters. The van der Waals surface area contributed by atoms with Crippen LogP contribution in [0.2, 0.25) is 0 Å². The van der Waals surface area contributed by atoms with Gasteiger partial charge in [-0.3, -0.25) is 0 Å². The van der Waals surface area contributed by atoms with Crippen molar-refractivity contribution in [1.82, 2.24) is 0 Å². The number of aryl methyl sites for hydroxylation is 1. The molecule has 18 heavy (non-hydrogen) atoms. The van der Waals surface area contributed by atoms with Crippen molar-refractivity contribution in [1.29, 1.82) is 0 Å². The Kier molecular flexibility index (Phi) is 4.37. The van der Waals surface area contributed by atoms with Crippen LogP contribution in [0.4, 0.5) is 5.69 Å². The van der Waals surface area contributed by atoms with Gasteiger partial charge in [0.05, 0.1) is 0 Å². The van der Waals surface area contributed by atoms with Crippen molar-refractivity contribution in [3.8, 4) is 0 Å². The molecule has 0 saturated carbocycles. The molecule has 0 radical (unpaired) electrons.